The van der Waals surface area contributed by atoms with Gasteiger partial charge < -0.3 is 4.90 Å². The quantitative estimate of drug-likeness (QED) is 0.654. The molecule has 5 nitrogen and oxygen atoms in total. The summed E-state index contributed by atoms with van der Waals surface area (Å²) in [5.74, 6) is 0.0582. The van der Waals surface area contributed by atoms with E-state index < -0.39 is 10.2 Å². The Bertz CT molecular complexity index is 336. The average molecular weight is 248 g/mol. The summed E-state index contributed by atoms with van der Waals surface area (Å²) in [6.45, 7) is 5.27. The van der Waals surface area contributed by atoms with Crippen LogP contribution in [0.4, 0.5) is 5.69 Å². The number of hydrogen-bond acceptors (Lipinski definition) is 5. The van der Waals surface area contributed by atoms with E-state index in [1.54, 1.807) is 18.2 Å². The SMILES string of the molecule is CCN(CC)c1ccccc1O[Cl+3]([O-])([O-])[O-]. The van der Waals surface area contributed by atoms with Crippen molar-refractivity contribution < 1.29 is 28.5 Å². The number of hydrogen-bond donors (Lipinski definition) is 0. The molecule has 0 aliphatic carbocycles. The van der Waals surface area contributed by atoms with E-state index in [1.165, 1.54) is 6.07 Å². The summed E-state index contributed by atoms with van der Waals surface area (Å²) < 4.78 is 35.9. The van der Waals surface area contributed by atoms with Crippen LogP contribution < -0.4 is 23.2 Å². The zero-order chi connectivity index (χ0) is 12.2. The molecule has 1 aromatic rings. The fourth-order valence-corrected chi connectivity index (χ4v) is 1.78. The Morgan fingerprint density at radius 1 is 1.12 bits per heavy atom. The molecule has 0 aliphatic heterocycles. The molecule has 90 valence electrons. The molecular weight excluding hydrogens is 234 g/mol. The van der Waals surface area contributed by atoms with Crippen molar-refractivity contribution in [3.05, 3.63) is 24.3 Å². The van der Waals surface area contributed by atoms with Crippen molar-refractivity contribution >= 4 is 5.69 Å². The number of rotatable bonds is 5. The smallest absolute Gasteiger partial charge is 0.311 e. The zero-order valence-corrected chi connectivity index (χ0v) is 9.94. The molecule has 0 spiro atoms. The predicted molar refractivity (Wildman–Crippen MR) is 50.6 cm³/mol. The second kappa shape index (κ2) is 5.36. The monoisotopic (exact) mass is 247 g/mol. The molecule has 0 aliphatic rings. The number of benzene rings is 1. The molecule has 0 heterocycles. The maximum Gasteiger partial charge on any atom is 0.311 e. The molecule has 0 bridgehead atoms. The number of nitrogens with zero attached hydrogens (tertiary/aromatic N) is 1. The Morgan fingerprint density at radius 3 is 2.19 bits per heavy atom. The van der Waals surface area contributed by atoms with E-state index in [1.807, 2.05) is 18.7 Å². The van der Waals surface area contributed by atoms with E-state index in [0.29, 0.717) is 18.8 Å². The third kappa shape index (κ3) is 3.53. The molecule has 1 aromatic carbocycles. The van der Waals surface area contributed by atoms with E-state index in [4.69, 9.17) is 0 Å². The van der Waals surface area contributed by atoms with Crippen LogP contribution in [0.15, 0.2) is 24.3 Å². The van der Waals surface area contributed by atoms with Crippen LogP contribution in [0.2, 0.25) is 0 Å². The lowest BCUT2D eigenvalue weighted by atomic mass is 10.2. The molecule has 0 radical (unpaired) electrons. The van der Waals surface area contributed by atoms with Gasteiger partial charge in [0.05, 0.1) is 5.69 Å². The summed E-state index contributed by atoms with van der Waals surface area (Å²) >= 11 is 0. The Kier molecular flexibility index (Phi) is 4.37. The van der Waals surface area contributed by atoms with Gasteiger partial charge in [-0.1, -0.05) is 16.4 Å². The summed E-state index contributed by atoms with van der Waals surface area (Å²) in [7, 11) is -4.45. The third-order valence-corrected chi connectivity index (χ3v) is 2.50. The largest absolute Gasteiger partial charge is 0.369 e. The highest BCUT2D eigenvalue weighted by Gasteiger charge is 2.23. The highest BCUT2D eigenvalue weighted by molar-refractivity contribution is 5.57. The fraction of sp³-hybridized carbons (Fsp3) is 0.400. The van der Waals surface area contributed by atoms with Crippen LogP contribution in [0.1, 0.15) is 13.8 Å². The van der Waals surface area contributed by atoms with E-state index in [9.17, 15) is 14.0 Å². The van der Waals surface area contributed by atoms with Gasteiger partial charge in [-0.15, -0.1) is 0 Å². The normalized spacial score (nSPS) is 11.3. The van der Waals surface area contributed by atoms with Gasteiger partial charge in [-0.05, 0) is 26.0 Å². The molecule has 0 unspecified atom stereocenters. The van der Waals surface area contributed by atoms with Gasteiger partial charge >= 0.3 is 5.75 Å². The van der Waals surface area contributed by atoms with E-state index in [2.05, 4.69) is 4.29 Å². The van der Waals surface area contributed by atoms with Gasteiger partial charge in [0.1, 0.15) is 10.2 Å². The Hall–Kier alpha value is -1.01. The van der Waals surface area contributed by atoms with Crippen molar-refractivity contribution in [2.75, 3.05) is 18.0 Å². The van der Waals surface area contributed by atoms with Crippen LogP contribution >= 0.6 is 0 Å². The van der Waals surface area contributed by atoms with Gasteiger partial charge in [0.25, 0.3) is 0 Å². The second-order valence-corrected chi connectivity index (χ2v) is 4.01. The lowest BCUT2D eigenvalue weighted by molar-refractivity contribution is -1.91. The van der Waals surface area contributed by atoms with Gasteiger partial charge in [0.15, 0.2) is 0 Å². The van der Waals surface area contributed by atoms with Crippen molar-refractivity contribution in [3.63, 3.8) is 0 Å². The van der Waals surface area contributed by atoms with Crippen LogP contribution in [0.25, 0.3) is 0 Å². The maximum atomic E-state index is 10.5. The lowest BCUT2D eigenvalue weighted by Crippen LogP contribution is -2.63. The van der Waals surface area contributed by atoms with Gasteiger partial charge in [-0.2, -0.15) is 14.0 Å². The first-order valence-electron chi connectivity index (χ1n) is 4.92. The Morgan fingerprint density at radius 2 is 1.69 bits per heavy atom. The fourth-order valence-electron chi connectivity index (χ4n) is 1.45. The van der Waals surface area contributed by atoms with Crippen LogP contribution in [0.3, 0.4) is 0 Å². The molecule has 0 fully saturated rings. The Labute approximate surface area is 96.6 Å². The Balaban J connectivity index is 3.00. The topological polar surface area (TPSA) is 81.7 Å². The lowest BCUT2D eigenvalue weighted by Gasteiger charge is -2.22. The van der Waals surface area contributed by atoms with Gasteiger partial charge in [-0.25, -0.2) is 0 Å². The molecular formula is C10H14ClNO4. The molecule has 0 saturated carbocycles. The highest BCUT2D eigenvalue weighted by atomic mass is 35.7. The first kappa shape index (κ1) is 13.1. The molecule has 0 N–H and O–H groups in total. The summed E-state index contributed by atoms with van der Waals surface area (Å²) in [5.41, 5.74) is 0.597. The minimum absolute atomic E-state index is 0.0582. The molecule has 0 amide bonds. The summed E-state index contributed by atoms with van der Waals surface area (Å²) in [4.78, 5) is 1.90. The van der Waals surface area contributed by atoms with E-state index >= 15 is 0 Å². The minimum atomic E-state index is -4.45. The maximum absolute atomic E-state index is 10.5. The number of para-hydroxylation sites is 2. The van der Waals surface area contributed by atoms with Gasteiger partial charge in [-0.3, -0.25) is 0 Å². The molecule has 6 heteroatoms. The van der Waals surface area contributed by atoms with Crippen molar-refractivity contribution in [1.82, 2.24) is 0 Å². The van der Waals surface area contributed by atoms with E-state index in [0.717, 1.165) is 0 Å². The summed E-state index contributed by atoms with van der Waals surface area (Å²) in [6.07, 6.45) is 0. The second-order valence-electron chi connectivity index (χ2n) is 3.10. The molecule has 16 heavy (non-hydrogen) atoms. The van der Waals surface area contributed by atoms with Crippen LogP contribution in [0, 0.1) is 10.2 Å². The van der Waals surface area contributed by atoms with Crippen LogP contribution in [-0.2, 0) is 0 Å². The highest BCUT2D eigenvalue weighted by Crippen LogP contribution is 2.28. The standard InChI is InChI=1S/C10H14ClNO4/c1-3-12(4-2)9-7-5-6-8-10(9)16-11(13,14)15/h5-8H,3-4H2,1-2H3. The van der Waals surface area contributed by atoms with Crippen LogP contribution in [-0.4, -0.2) is 13.1 Å². The predicted octanol–water partition coefficient (Wildman–Crippen LogP) is -1.19. The molecule has 0 atom stereocenters. The molecule has 1 rings (SSSR count). The molecule has 0 saturated heterocycles. The minimum Gasteiger partial charge on any atom is -0.369 e. The summed E-state index contributed by atoms with van der Waals surface area (Å²) in [6, 6.07) is 6.54. The van der Waals surface area contributed by atoms with Gasteiger partial charge in [0, 0.05) is 13.1 Å². The summed E-state index contributed by atoms with van der Waals surface area (Å²) in [5, 5.41) is 0. The first-order valence-corrected chi connectivity index (χ1v) is 6.15. The van der Waals surface area contributed by atoms with Gasteiger partial charge in [0.2, 0.25) is 0 Å². The number of anilines is 1. The first-order chi connectivity index (χ1) is 7.48. The zero-order valence-electron chi connectivity index (χ0n) is 9.18. The third-order valence-electron chi connectivity index (χ3n) is 2.15. The number of halogens is 1. The van der Waals surface area contributed by atoms with Crippen LogP contribution in [0.5, 0.6) is 5.75 Å². The average Bonchev–Trinajstić information content (AvgIpc) is 2.20. The van der Waals surface area contributed by atoms with Crippen molar-refractivity contribution in [2.24, 2.45) is 0 Å². The van der Waals surface area contributed by atoms with E-state index in [-0.39, 0.29) is 5.75 Å². The van der Waals surface area contributed by atoms with Crippen molar-refractivity contribution in [3.8, 4) is 5.75 Å². The molecule has 0 aromatic heterocycles. The van der Waals surface area contributed by atoms with Crippen molar-refractivity contribution in [1.29, 1.82) is 0 Å². The van der Waals surface area contributed by atoms with Crippen molar-refractivity contribution in [2.45, 2.75) is 13.8 Å².